The first kappa shape index (κ1) is 13.8. The lowest BCUT2D eigenvalue weighted by Gasteiger charge is -2.15. The molecule has 0 atom stereocenters. The van der Waals surface area contributed by atoms with E-state index >= 15 is 0 Å². The van der Waals surface area contributed by atoms with Gasteiger partial charge in [0.1, 0.15) is 6.61 Å². The van der Waals surface area contributed by atoms with Crippen molar-refractivity contribution in [1.82, 2.24) is 4.90 Å². The van der Waals surface area contributed by atoms with Crippen molar-refractivity contribution < 1.29 is 9.90 Å². The van der Waals surface area contributed by atoms with Crippen LogP contribution in [0, 0.1) is 23.2 Å². The number of nitrogens with zero attached hydrogens (tertiary/aromatic N) is 2. The highest BCUT2D eigenvalue weighted by atomic mass is 16.2. The number of nitriles is 1. The van der Waals surface area contributed by atoms with E-state index in [1.807, 2.05) is 6.07 Å². The summed E-state index contributed by atoms with van der Waals surface area (Å²) in [6, 6.07) is 8.84. The topological polar surface area (TPSA) is 64.3 Å². The van der Waals surface area contributed by atoms with Crippen molar-refractivity contribution in [2.75, 3.05) is 20.2 Å². The number of hydrogen-bond acceptors (Lipinski definition) is 3. The second-order valence-corrected chi connectivity index (χ2v) is 3.67. The molecule has 0 spiro atoms. The number of hydrogen-bond donors (Lipinski definition) is 1. The van der Waals surface area contributed by atoms with Crippen molar-refractivity contribution in [2.45, 2.75) is 6.42 Å². The largest absolute Gasteiger partial charge is 0.384 e. The zero-order chi connectivity index (χ0) is 13.4. The van der Waals surface area contributed by atoms with Crippen LogP contribution in [0.1, 0.15) is 22.3 Å². The number of benzene rings is 1. The van der Waals surface area contributed by atoms with Crippen LogP contribution in [-0.2, 0) is 0 Å². The van der Waals surface area contributed by atoms with Crippen molar-refractivity contribution >= 4 is 5.91 Å². The summed E-state index contributed by atoms with van der Waals surface area (Å²) in [6.45, 7) is 0.235. The smallest absolute Gasteiger partial charge is 0.253 e. The molecule has 92 valence electrons. The standard InChI is InChI=1S/C14H14N2O2/c1-16(10-3-9-15)14(18)13-7-5-12(6-8-13)4-2-11-17/h5-8,17H,3,10-11H2,1H3. The second kappa shape index (κ2) is 7.11. The van der Waals surface area contributed by atoms with Crippen molar-refractivity contribution in [2.24, 2.45) is 0 Å². The zero-order valence-electron chi connectivity index (χ0n) is 10.2. The number of aliphatic hydroxyl groups excluding tert-OH is 1. The highest BCUT2D eigenvalue weighted by molar-refractivity contribution is 5.94. The van der Waals surface area contributed by atoms with Crippen LogP contribution in [0.4, 0.5) is 0 Å². The van der Waals surface area contributed by atoms with Gasteiger partial charge in [-0.1, -0.05) is 11.8 Å². The third-order valence-corrected chi connectivity index (χ3v) is 2.35. The predicted molar refractivity (Wildman–Crippen MR) is 67.6 cm³/mol. The van der Waals surface area contributed by atoms with E-state index in [2.05, 4.69) is 11.8 Å². The summed E-state index contributed by atoms with van der Waals surface area (Å²) in [5, 5.41) is 17.0. The Labute approximate surface area is 106 Å². The van der Waals surface area contributed by atoms with Crippen molar-refractivity contribution in [3.8, 4) is 17.9 Å². The average molecular weight is 242 g/mol. The maximum absolute atomic E-state index is 11.9. The number of rotatable bonds is 3. The molecule has 1 N–H and O–H groups in total. The molecule has 0 aromatic heterocycles. The van der Waals surface area contributed by atoms with Gasteiger partial charge < -0.3 is 10.0 Å². The van der Waals surface area contributed by atoms with E-state index < -0.39 is 0 Å². The Morgan fingerprint density at radius 3 is 2.61 bits per heavy atom. The van der Waals surface area contributed by atoms with E-state index in [0.717, 1.165) is 5.56 Å². The molecule has 4 heteroatoms. The van der Waals surface area contributed by atoms with Gasteiger partial charge in [0, 0.05) is 24.7 Å². The SMILES string of the molecule is CN(CCC#N)C(=O)c1ccc(C#CCO)cc1. The maximum atomic E-state index is 11.9. The molecule has 1 aromatic carbocycles. The Bertz CT molecular complexity index is 503. The monoisotopic (exact) mass is 242 g/mol. The van der Waals surface area contributed by atoms with Crippen molar-refractivity contribution in [3.05, 3.63) is 35.4 Å². The van der Waals surface area contributed by atoms with Gasteiger partial charge in [-0.15, -0.1) is 0 Å². The highest BCUT2D eigenvalue weighted by Gasteiger charge is 2.10. The summed E-state index contributed by atoms with van der Waals surface area (Å²) >= 11 is 0. The molecule has 0 aliphatic carbocycles. The molecule has 0 radical (unpaired) electrons. The van der Waals surface area contributed by atoms with Crippen molar-refractivity contribution in [3.63, 3.8) is 0 Å². The molecule has 4 nitrogen and oxygen atoms in total. The maximum Gasteiger partial charge on any atom is 0.253 e. The van der Waals surface area contributed by atoms with Crippen LogP contribution in [0.15, 0.2) is 24.3 Å². The average Bonchev–Trinajstić information content (AvgIpc) is 2.42. The Hall–Kier alpha value is -2.30. The number of carbonyl (C=O) groups excluding carboxylic acids is 1. The summed E-state index contributed by atoms with van der Waals surface area (Å²) in [4.78, 5) is 13.4. The summed E-state index contributed by atoms with van der Waals surface area (Å²) in [7, 11) is 1.67. The third kappa shape index (κ3) is 3.93. The highest BCUT2D eigenvalue weighted by Crippen LogP contribution is 2.06. The second-order valence-electron chi connectivity index (χ2n) is 3.67. The molecule has 1 rings (SSSR count). The first-order valence-electron chi connectivity index (χ1n) is 5.51. The lowest BCUT2D eigenvalue weighted by atomic mass is 10.1. The molecule has 1 aromatic rings. The quantitative estimate of drug-likeness (QED) is 0.805. The molecule has 18 heavy (non-hydrogen) atoms. The van der Waals surface area contributed by atoms with E-state index in [0.29, 0.717) is 18.5 Å². The van der Waals surface area contributed by atoms with Gasteiger partial charge in [-0.3, -0.25) is 4.79 Å². The lowest BCUT2D eigenvalue weighted by molar-refractivity contribution is 0.0798. The molecular weight excluding hydrogens is 228 g/mol. The predicted octanol–water partition coefficient (Wildman–Crippen LogP) is 1.02. The van der Waals surface area contributed by atoms with Gasteiger partial charge >= 0.3 is 0 Å². The summed E-state index contributed by atoms with van der Waals surface area (Å²) in [5.74, 6) is 5.18. The van der Waals surface area contributed by atoms with Gasteiger partial charge in [-0.25, -0.2) is 0 Å². The summed E-state index contributed by atoms with van der Waals surface area (Å²) in [6.07, 6.45) is 0.322. The van der Waals surface area contributed by atoms with E-state index in [9.17, 15) is 4.79 Å². The molecule has 0 fully saturated rings. The van der Waals surface area contributed by atoms with E-state index in [-0.39, 0.29) is 12.5 Å². The van der Waals surface area contributed by atoms with Gasteiger partial charge in [-0.05, 0) is 24.3 Å². The first-order chi connectivity index (χ1) is 8.69. The van der Waals surface area contributed by atoms with Crippen LogP contribution in [0.5, 0.6) is 0 Å². The molecular formula is C14H14N2O2. The minimum absolute atomic E-state index is 0.119. The van der Waals surface area contributed by atoms with E-state index in [1.165, 1.54) is 4.90 Å². The Morgan fingerprint density at radius 2 is 2.06 bits per heavy atom. The van der Waals surface area contributed by atoms with Crippen LogP contribution in [0.25, 0.3) is 0 Å². The van der Waals surface area contributed by atoms with Gasteiger partial charge in [0.05, 0.1) is 12.5 Å². The van der Waals surface area contributed by atoms with Crippen LogP contribution in [0.3, 0.4) is 0 Å². The summed E-state index contributed by atoms with van der Waals surface area (Å²) in [5.41, 5.74) is 1.31. The number of aliphatic hydroxyl groups is 1. The van der Waals surface area contributed by atoms with E-state index in [1.54, 1.807) is 31.3 Å². The number of amides is 1. The van der Waals surface area contributed by atoms with Crippen LogP contribution in [-0.4, -0.2) is 36.1 Å². The minimum atomic E-state index is -0.183. The normalized spacial score (nSPS) is 8.94. The molecule has 1 amide bonds. The minimum Gasteiger partial charge on any atom is -0.384 e. The molecule has 0 saturated heterocycles. The van der Waals surface area contributed by atoms with Crippen LogP contribution >= 0.6 is 0 Å². The number of carbonyl (C=O) groups is 1. The molecule has 0 aliphatic rings. The Balaban J connectivity index is 2.73. The molecule has 0 aliphatic heterocycles. The van der Waals surface area contributed by atoms with Crippen LogP contribution < -0.4 is 0 Å². The molecule has 0 heterocycles. The Kier molecular flexibility index (Phi) is 5.44. The molecule has 0 saturated carbocycles. The zero-order valence-corrected chi connectivity index (χ0v) is 10.2. The van der Waals surface area contributed by atoms with Gasteiger partial charge in [0.25, 0.3) is 5.91 Å². The fourth-order valence-corrected chi connectivity index (χ4v) is 1.38. The van der Waals surface area contributed by atoms with Gasteiger partial charge in [-0.2, -0.15) is 5.26 Å². The lowest BCUT2D eigenvalue weighted by Crippen LogP contribution is -2.27. The fourth-order valence-electron chi connectivity index (χ4n) is 1.38. The van der Waals surface area contributed by atoms with Gasteiger partial charge in [0.2, 0.25) is 0 Å². The van der Waals surface area contributed by atoms with Crippen LogP contribution in [0.2, 0.25) is 0 Å². The third-order valence-electron chi connectivity index (χ3n) is 2.35. The Morgan fingerprint density at radius 1 is 1.39 bits per heavy atom. The van der Waals surface area contributed by atoms with Crippen molar-refractivity contribution in [1.29, 1.82) is 5.26 Å². The van der Waals surface area contributed by atoms with E-state index in [4.69, 9.17) is 10.4 Å². The fraction of sp³-hybridized carbons (Fsp3) is 0.286. The molecule has 0 bridgehead atoms. The first-order valence-corrected chi connectivity index (χ1v) is 5.51. The summed E-state index contributed by atoms with van der Waals surface area (Å²) < 4.78 is 0. The van der Waals surface area contributed by atoms with Gasteiger partial charge in [0.15, 0.2) is 0 Å². The molecule has 0 unspecified atom stereocenters.